The van der Waals surface area contributed by atoms with E-state index in [1.54, 1.807) is 31.5 Å². The second-order valence-corrected chi connectivity index (χ2v) is 9.62. The van der Waals surface area contributed by atoms with Crippen molar-refractivity contribution in [1.82, 2.24) is 0 Å². The van der Waals surface area contributed by atoms with Gasteiger partial charge < -0.3 is 14.6 Å². The van der Waals surface area contributed by atoms with E-state index >= 15 is 0 Å². The van der Waals surface area contributed by atoms with E-state index in [0.717, 1.165) is 24.8 Å². The van der Waals surface area contributed by atoms with Gasteiger partial charge in [0.1, 0.15) is 7.14 Å². The lowest BCUT2D eigenvalue weighted by Gasteiger charge is -2.15. The lowest BCUT2D eigenvalue weighted by molar-refractivity contribution is -0.115. The number of rotatable bonds is 5. The van der Waals surface area contributed by atoms with Crippen molar-refractivity contribution in [3.8, 4) is 0 Å². The Morgan fingerprint density at radius 2 is 2.00 bits per heavy atom. The van der Waals surface area contributed by atoms with Gasteiger partial charge in [-0.05, 0) is 57.2 Å². The first-order valence-electron chi connectivity index (χ1n) is 8.07. The van der Waals surface area contributed by atoms with Gasteiger partial charge in [-0.15, -0.1) is 0 Å². The van der Waals surface area contributed by atoms with Crippen LogP contribution in [0.15, 0.2) is 29.8 Å². The molecule has 0 radical (unpaired) electrons. The molecule has 2 rings (SSSR count). The van der Waals surface area contributed by atoms with Crippen LogP contribution in [0.4, 0.5) is 5.69 Å². The Hall–Kier alpha value is -1.87. The average molecular weight is 349 g/mol. The number of hydrogen-bond acceptors (Lipinski definition) is 4. The SMILES string of the molecule is COC(=O)c1cc(P(C)(C)=O)ccc1NC(=O)CC1=CCCCC1. The third kappa shape index (κ3) is 4.81. The number of benzene rings is 1. The molecule has 1 aromatic rings. The Balaban J connectivity index is 2.22. The number of esters is 1. The number of carbonyl (C=O) groups is 2. The Bertz CT molecular complexity index is 718. The number of nitrogens with one attached hydrogen (secondary N) is 1. The van der Waals surface area contributed by atoms with Gasteiger partial charge in [-0.1, -0.05) is 11.6 Å². The maximum Gasteiger partial charge on any atom is 0.339 e. The van der Waals surface area contributed by atoms with Gasteiger partial charge in [0.05, 0.1) is 18.4 Å². The van der Waals surface area contributed by atoms with Gasteiger partial charge in [0.25, 0.3) is 0 Å². The first kappa shape index (κ1) is 18.5. The second kappa shape index (κ2) is 7.80. The summed E-state index contributed by atoms with van der Waals surface area (Å²) in [6, 6.07) is 4.85. The molecule has 0 atom stereocenters. The van der Waals surface area contributed by atoms with Gasteiger partial charge in [0, 0.05) is 11.7 Å². The Morgan fingerprint density at radius 3 is 2.58 bits per heavy atom. The van der Waals surface area contributed by atoms with Gasteiger partial charge in [-0.25, -0.2) is 4.79 Å². The predicted octanol–water partition coefficient (Wildman–Crippen LogP) is 3.55. The van der Waals surface area contributed by atoms with Gasteiger partial charge in [0.2, 0.25) is 5.91 Å². The summed E-state index contributed by atoms with van der Waals surface area (Å²) in [6.45, 7) is 3.27. The minimum atomic E-state index is -2.51. The zero-order valence-corrected chi connectivity index (χ0v) is 15.3. The van der Waals surface area contributed by atoms with E-state index in [2.05, 4.69) is 11.4 Å². The molecule has 0 saturated carbocycles. The van der Waals surface area contributed by atoms with E-state index in [9.17, 15) is 14.2 Å². The third-order valence-electron chi connectivity index (χ3n) is 4.08. The summed E-state index contributed by atoms with van der Waals surface area (Å²) in [5.74, 6) is -0.713. The first-order chi connectivity index (χ1) is 11.3. The molecule has 6 heteroatoms. The van der Waals surface area contributed by atoms with Crippen LogP contribution in [-0.2, 0) is 14.1 Å². The Labute approximate surface area is 142 Å². The molecule has 0 unspecified atom stereocenters. The molecule has 0 aliphatic heterocycles. The lowest BCUT2D eigenvalue weighted by Crippen LogP contribution is -2.18. The number of hydrogen-bond donors (Lipinski definition) is 1. The molecule has 0 saturated heterocycles. The molecule has 0 fully saturated rings. The Kier molecular flexibility index (Phi) is 6.00. The minimum Gasteiger partial charge on any atom is -0.465 e. The van der Waals surface area contributed by atoms with Crippen LogP contribution >= 0.6 is 7.14 Å². The second-order valence-electron chi connectivity index (χ2n) is 6.41. The predicted molar refractivity (Wildman–Crippen MR) is 96.7 cm³/mol. The summed E-state index contributed by atoms with van der Waals surface area (Å²) in [7, 11) is -1.23. The molecule has 0 heterocycles. The maximum atomic E-state index is 12.3. The number of ether oxygens (including phenoxy) is 1. The summed E-state index contributed by atoms with van der Waals surface area (Å²) >= 11 is 0. The van der Waals surface area contributed by atoms with Crippen LogP contribution in [0.2, 0.25) is 0 Å². The number of carbonyl (C=O) groups excluding carboxylic acids is 2. The summed E-state index contributed by atoms with van der Waals surface area (Å²) in [4.78, 5) is 24.3. The topological polar surface area (TPSA) is 72.5 Å². The summed E-state index contributed by atoms with van der Waals surface area (Å²) < 4.78 is 17.0. The van der Waals surface area contributed by atoms with Gasteiger partial charge in [0.15, 0.2) is 0 Å². The molecule has 1 aromatic carbocycles. The highest BCUT2D eigenvalue weighted by Crippen LogP contribution is 2.35. The number of methoxy groups -OCH3 is 1. The van der Waals surface area contributed by atoms with Crippen LogP contribution in [0.25, 0.3) is 0 Å². The van der Waals surface area contributed by atoms with E-state index in [4.69, 9.17) is 4.74 Å². The molecule has 1 amide bonds. The minimum absolute atomic E-state index is 0.155. The summed E-state index contributed by atoms with van der Waals surface area (Å²) in [5, 5.41) is 3.36. The van der Waals surface area contributed by atoms with E-state index in [-0.39, 0.29) is 11.5 Å². The molecular formula is C18H24NO4P. The van der Waals surface area contributed by atoms with Crippen molar-refractivity contribution in [1.29, 1.82) is 0 Å². The van der Waals surface area contributed by atoms with Crippen LogP contribution < -0.4 is 10.6 Å². The van der Waals surface area contributed by atoms with E-state index in [1.165, 1.54) is 13.5 Å². The normalized spacial score (nSPS) is 14.7. The molecule has 130 valence electrons. The highest BCUT2D eigenvalue weighted by Gasteiger charge is 2.19. The summed E-state index contributed by atoms with van der Waals surface area (Å²) in [5.41, 5.74) is 1.76. The quantitative estimate of drug-likeness (QED) is 0.501. The maximum absolute atomic E-state index is 12.3. The van der Waals surface area contributed by atoms with Gasteiger partial charge in [-0.2, -0.15) is 0 Å². The van der Waals surface area contributed by atoms with E-state index < -0.39 is 13.1 Å². The lowest BCUT2D eigenvalue weighted by atomic mass is 9.97. The number of allylic oxidation sites excluding steroid dienone is 1. The highest BCUT2D eigenvalue weighted by atomic mass is 31.2. The van der Waals surface area contributed by atoms with Crippen molar-refractivity contribution in [2.45, 2.75) is 32.1 Å². The van der Waals surface area contributed by atoms with Crippen LogP contribution in [0.3, 0.4) is 0 Å². The molecule has 0 spiro atoms. The van der Waals surface area contributed by atoms with Gasteiger partial charge in [-0.3, -0.25) is 4.79 Å². The van der Waals surface area contributed by atoms with Crippen molar-refractivity contribution in [3.63, 3.8) is 0 Å². The van der Waals surface area contributed by atoms with Gasteiger partial charge >= 0.3 is 5.97 Å². The van der Waals surface area contributed by atoms with Crippen molar-refractivity contribution in [2.24, 2.45) is 0 Å². The average Bonchev–Trinajstić information content (AvgIpc) is 2.54. The van der Waals surface area contributed by atoms with E-state index in [0.29, 0.717) is 17.4 Å². The van der Waals surface area contributed by atoms with Crippen LogP contribution in [0, 0.1) is 0 Å². The first-order valence-corrected chi connectivity index (χ1v) is 10.7. The fraction of sp³-hybridized carbons (Fsp3) is 0.444. The van der Waals surface area contributed by atoms with Crippen molar-refractivity contribution >= 4 is 30.0 Å². The fourth-order valence-electron chi connectivity index (χ4n) is 2.72. The molecule has 0 bridgehead atoms. The number of anilines is 1. The molecule has 24 heavy (non-hydrogen) atoms. The van der Waals surface area contributed by atoms with Crippen LogP contribution in [-0.4, -0.2) is 32.3 Å². The molecule has 1 aliphatic rings. The Morgan fingerprint density at radius 1 is 1.25 bits per heavy atom. The zero-order chi connectivity index (χ0) is 17.7. The smallest absolute Gasteiger partial charge is 0.339 e. The molecule has 0 aromatic heterocycles. The van der Waals surface area contributed by atoms with Crippen molar-refractivity contribution in [3.05, 3.63) is 35.4 Å². The molecule has 1 N–H and O–H groups in total. The fourth-order valence-corrected chi connectivity index (χ4v) is 3.59. The third-order valence-corrected chi connectivity index (χ3v) is 5.60. The zero-order valence-electron chi connectivity index (χ0n) is 14.4. The standard InChI is InChI=1S/C18H24NO4P/c1-23-18(21)15-12-14(24(2,3)22)9-10-16(15)19-17(20)11-13-7-5-4-6-8-13/h7,9-10,12H,4-6,8,11H2,1-3H3,(H,19,20). The van der Waals surface area contributed by atoms with E-state index in [1.807, 2.05) is 0 Å². The van der Waals surface area contributed by atoms with Crippen LogP contribution in [0.1, 0.15) is 42.5 Å². The molecule has 5 nitrogen and oxygen atoms in total. The van der Waals surface area contributed by atoms with Crippen LogP contribution in [0.5, 0.6) is 0 Å². The molecular weight excluding hydrogens is 325 g/mol. The monoisotopic (exact) mass is 349 g/mol. The molecule has 1 aliphatic carbocycles. The summed E-state index contributed by atoms with van der Waals surface area (Å²) in [6.07, 6.45) is 6.72. The van der Waals surface area contributed by atoms with Crippen molar-refractivity contribution in [2.75, 3.05) is 25.8 Å². The number of amides is 1. The largest absolute Gasteiger partial charge is 0.465 e. The highest BCUT2D eigenvalue weighted by molar-refractivity contribution is 7.70. The van der Waals surface area contributed by atoms with Crippen molar-refractivity contribution < 1.29 is 18.9 Å².